The van der Waals surface area contributed by atoms with Gasteiger partial charge < -0.3 is 15.3 Å². The van der Waals surface area contributed by atoms with Gasteiger partial charge in [0.2, 0.25) is 11.8 Å². The molecule has 2 N–H and O–H groups in total. The van der Waals surface area contributed by atoms with E-state index < -0.39 is 5.97 Å². The van der Waals surface area contributed by atoms with Gasteiger partial charge in [0.15, 0.2) is 0 Å². The van der Waals surface area contributed by atoms with Crippen LogP contribution in [-0.2, 0) is 16.1 Å². The van der Waals surface area contributed by atoms with Crippen LogP contribution in [0.3, 0.4) is 0 Å². The number of aromatic carboxylic acids is 1. The zero-order chi connectivity index (χ0) is 19.4. The molecule has 1 aromatic carbocycles. The summed E-state index contributed by atoms with van der Waals surface area (Å²) in [6.45, 7) is 5.76. The number of nitrogens with one attached hydrogen (secondary N) is 1. The van der Waals surface area contributed by atoms with Crippen LogP contribution in [0.5, 0.6) is 0 Å². The maximum Gasteiger partial charge on any atom is 0.335 e. The zero-order valence-electron chi connectivity index (χ0n) is 15.7. The number of carbonyl (C=O) groups excluding carboxylic acids is 2. The van der Waals surface area contributed by atoms with Crippen molar-refractivity contribution in [3.63, 3.8) is 0 Å². The van der Waals surface area contributed by atoms with E-state index in [9.17, 15) is 14.4 Å². The van der Waals surface area contributed by atoms with Gasteiger partial charge >= 0.3 is 5.97 Å². The molecule has 2 aliphatic heterocycles. The minimum Gasteiger partial charge on any atom is -0.478 e. The zero-order valence-corrected chi connectivity index (χ0v) is 15.7. The predicted molar refractivity (Wildman–Crippen MR) is 100 cm³/mol. The quantitative estimate of drug-likeness (QED) is 0.753. The van der Waals surface area contributed by atoms with E-state index in [0.29, 0.717) is 25.7 Å². The number of carboxylic acid groups (broad SMARTS) is 1. The molecule has 0 spiro atoms. The molecule has 0 saturated carbocycles. The molecule has 0 aliphatic carbocycles. The Balaban J connectivity index is 1.49. The van der Waals surface area contributed by atoms with Crippen molar-refractivity contribution in [2.24, 2.45) is 5.92 Å². The van der Waals surface area contributed by atoms with Crippen molar-refractivity contribution in [1.29, 1.82) is 0 Å². The summed E-state index contributed by atoms with van der Waals surface area (Å²) in [5.41, 5.74) is 1.05. The highest BCUT2D eigenvalue weighted by molar-refractivity contribution is 5.89. The van der Waals surface area contributed by atoms with Crippen molar-refractivity contribution >= 4 is 17.8 Å². The van der Waals surface area contributed by atoms with E-state index in [2.05, 4.69) is 17.1 Å². The number of hydrogen-bond donors (Lipinski definition) is 2. The maximum absolute atomic E-state index is 12.4. The summed E-state index contributed by atoms with van der Waals surface area (Å²) in [4.78, 5) is 39.9. The highest BCUT2D eigenvalue weighted by Crippen LogP contribution is 2.23. The van der Waals surface area contributed by atoms with Gasteiger partial charge in [0, 0.05) is 32.1 Å². The first-order valence-corrected chi connectivity index (χ1v) is 9.59. The van der Waals surface area contributed by atoms with Gasteiger partial charge in [-0.25, -0.2) is 4.79 Å². The molecule has 2 atom stereocenters. The molecule has 7 heteroatoms. The number of benzene rings is 1. The second-order valence-electron chi connectivity index (χ2n) is 7.34. The van der Waals surface area contributed by atoms with Gasteiger partial charge in [0.05, 0.1) is 11.5 Å². The van der Waals surface area contributed by atoms with Crippen LogP contribution in [0.1, 0.15) is 42.1 Å². The summed E-state index contributed by atoms with van der Waals surface area (Å²) in [5, 5.41) is 11.8. The van der Waals surface area contributed by atoms with E-state index in [1.54, 1.807) is 12.1 Å². The molecular formula is C20H27N3O4. The van der Waals surface area contributed by atoms with Crippen LogP contribution in [0.25, 0.3) is 0 Å². The molecule has 3 rings (SSSR count). The molecule has 7 nitrogen and oxygen atoms in total. The Hall–Kier alpha value is -2.41. The average Bonchev–Trinajstić information content (AvgIpc) is 3.27. The van der Waals surface area contributed by atoms with Crippen molar-refractivity contribution in [2.45, 2.75) is 38.8 Å². The average molecular weight is 373 g/mol. The molecule has 0 aromatic heterocycles. The molecule has 2 aliphatic rings. The van der Waals surface area contributed by atoms with Gasteiger partial charge in [-0.15, -0.1) is 0 Å². The van der Waals surface area contributed by atoms with Crippen molar-refractivity contribution in [1.82, 2.24) is 15.1 Å². The van der Waals surface area contributed by atoms with Gasteiger partial charge in [-0.3, -0.25) is 14.5 Å². The number of amides is 2. The van der Waals surface area contributed by atoms with Gasteiger partial charge in [0.1, 0.15) is 0 Å². The van der Waals surface area contributed by atoms with E-state index >= 15 is 0 Å². The van der Waals surface area contributed by atoms with Crippen LogP contribution < -0.4 is 5.32 Å². The third-order valence-electron chi connectivity index (χ3n) is 5.59. The van der Waals surface area contributed by atoms with Crippen LogP contribution in [0.2, 0.25) is 0 Å². The van der Waals surface area contributed by atoms with E-state index in [0.717, 1.165) is 25.1 Å². The van der Waals surface area contributed by atoms with Crippen molar-refractivity contribution in [2.75, 3.05) is 26.2 Å². The maximum atomic E-state index is 12.4. The largest absolute Gasteiger partial charge is 0.478 e. The molecule has 1 aromatic rings. The van der Waals surface area contributed by atoms with Gasteiger partial charge in [-0.2, -0.15) is 0 Å². The van der Waals surface area contributed by atoms with Crippen molar-refractivity contribution in [3.8, 4) is 0 Å². The number of nitrogens with zero attached hydrogens (tertiary/aromatic N) is 2. The molecular weight excluding hydrogens is 346 g/mol. The topological polar surface area (TPSA) is 89.9 Å². The number of likely N-dealkylation sites (N-methyl/N-ethyl adjacent to an activating group) is 1. The second kappa shape index (κ2) is 8.52. The molecule has 2 amide bonds. The lowest BCUT2D eigenvalue weighted by atomic mass is 10.1. The highest BCUT2D eigenvalue weighted by Gasteiger charge is 2.36. The lowest BCUT2D eigenvalue weighted by molar-refractivity contribution is -0.129. The smallest absolute Gasteiger partial charge is 0.335 e. The van der Waals surface area contributed by atoms with Gasteiger partial charge in [0.25, 0.3) is 0 Å². The Morgan fingerprint density at radius 1 is 1.26 bits per heavy atom. The molecule has 2 unspecified atom stereocenters. The standard InChI is InChI=1S/C20H27N3O4/c1-2-22-9-3-4-17(22)13-23-12-16(10-18(23)24)19(25)21-11-14-5-7-15(8-6-14)20(26)27/h5-8,16-17H,2-4,9-13H2,1H3,(H,21,25)(H,26,27). The van der Waals surface area contributed by atoms with Crippen molar-refractivity contribution < 1.29 is 19.5 Å². The van der Waals surface area contributed by atoms with E-state index in [-0.39, 0.29) is 29.7 Å². The fourth-order valence-electron chi connectivity index (χ4n) is 4.00. The lowest BCUT2D eigenvalue weighted by Gasteiger charge is -2.27. The molecule has 0 bridgehead atoms. The Morgan fingerprint density at radius 3 is 2.67 bits per heavy atom. The third-order valence-corrected chi connectivity index (χ3v) is 5.59. The number of likely N-dealkylation sites (tertiary alicyclic amines) is 2. The number of carboxylic acids is 1. The summed E-state index contributed by atoms with van der Waals surface area (Å²) in [6.07, 6.45) is 2.55. The first kappa shape index (κ1) is 19.4. The first-order chi connectivity index (χ1) is 13.0. The normalized spacial score (nSPS) is 23.0. The van der Waals surface area contributed by atoms with Crippen LogP contribution in [-0.4, -0.2) is 64.9 Å². The summed E-state index contributed by atoms with van der Waals surface area (Å²) < 4.78 is 0. The monoisotopic (exact) mass is 373 g/mol. The Morgan fingerprint density at radius 2 is 2.00 bits per heavy atom. The van der Waals surface area contributed by atoms with Gasteiger partial charge in [-0.05, 0) is 43.6 Å². The van der Waals surface area contributed by atoms with Crippen LogP contribution >= 0.6 is 0 Å². The molecule has 2 fully saturated rings. The molecule has 0 radical (unpaired) electrons. The lowest BCUT2D eigenvalue weighted by Crippen LogP contribution is -2.41. The fraction of sp³-hybridized carbons (Fsp3) is 0.550. The third kappa shape index (κ3) is 4.66. The van der Waals surface area contributed by atoms with Crippen LogP contribution in [0, 0.1) is 5.92 Å². The predicted octanol–water partition coefficient (Wildman–Crippen LogP) is 1.33. The van der Waals surface area contributed by atoms with E-state index in [1.807, 2.05) is 4.90 Å². The summed E-state index contributed by atoms with van der Waals surface area (Å²) >= 11 is 0. The van der Waals surface area contributed by atoms with Crippen LogP contribution in [0.15, 0.2) is 24.3 Å². The van der Waals surface area contributed by atoms with Crippen molar-refractivity contribution in [3.05, 3.63) is 35.4 Å². The SMILES string of the molecule is CCN1CCCC1CN1CC(C(=O)NCc2ccc(C(=O)O)cc2)CC1=O. The second-order valence-corrected chi connectivity index (χ2v) is 7.34. The Bertz CT molecular complexity index is 704. The minimum atomic E-state index is -0.973. The summed E-state index contributed by atoms with van der Waals surface area (Å²) in [6, 6.07) is 6.83. The molecule has 146 valence electrons. The Labute approximate surface area is 159 Å². The van der Waals surface area contributed by atoms with Gasteiger partial charge in [-0.1, -0.05) is 19.1 Å². The van der Waals surface area contributed by atoms with E-state index in [4.69, 9.17) is 5.11 Å². The number of rotatable bonds is 7. The molecule has 2 saturated heterocycles. The molecule has 2 heterocycles. The first-order valence-electron chi connectivity index (χ1n) is 9.59. The highest BCUT2D eigenvalue weighted by atomic mass is 16.4. The summed E-state index contributed by atoms with van der Waals surface area (Å²) in [5.74, 6) is -1.35. The fourth-order valence-corrected chi connectivity index (χ4v) is 4.00. The molecule has 27 heavy (non-hydrogen) atoms. The minimum absolute atomic E-state index is 0.0592. The van der Waals surface area contributed by atoms with Crippen LogP contribution in [0.4, 0.5) is 0 Å². The summed E-state index contributed by atoms with van der Waals surface area (Å²) in [7, 11) is 0. The Kier molecular flexibility index (Phi) is 6.11. The number of hydrogen-bond acceptors (Lipinski definition) is 4. The number of carbonyl (C=O) groups is 3. The van der Waals surface area contributed by atoms with E-state index in [1.165, 1.54) is 18.6 Å².